The van der Waals surface area contributed by atoms with Gasteiger partial charge in [0.05, 0.1) is 6.54 Å². The lowest BCUT2D eigenvalue weighted by Crippen LogP contribution is -2.23. The van der Waals surface area contributed by atoms with Gasteiger partial charge in [0.1, 0.15) is 0 Å². The second kappa shape index (κ2) is 7.55. The third kappa shape index (κ3) is 4.29. The number of hydrogen-bond donors (Lipinski definition) is 1. The molecule has 3 aromatic rings. The van der Waals surface area contributed by atoms with E-state index in [9.17, 15) is 4.79 Å². The molecule has 2 aromatic carbocycles. The van der Waals surface area contributed by atoms with E-state index in [2.05, 4.69) is 15.5 Å². The quantitative estimate of drug-likeness (QED) is 0.756. The molecule has 5 heteroatoms. The Labute approximate surface area is 140 Å². The van der Waals surface area contributed by atoms with E-state index in [-0.39, 0.29) is 12.5 Å². The number of benzene rings is 2. The van der Waals surface area contributed by atoms with Gasteiger partial charge in [-0.05, 0) is 31.0 Å². The molecule has 0 aliphatic heterocycles. The topological polar surface area (TPSA) is 68.0 Å². The third-order valence-electron chi connectivity index (χ3n) is 3.69. The van der Waals surface area contributed by atoms with Gasteiger partial charge in [-0.25, -0.2) is 0 Å². The summed E-state index contributed by atoms with van der Waals surface area (Å²) in [4.78, 5) is 16.2. The van der Waals surface area contributed by atoms with E-state index in [1.165, 1.54) is 5.56 Å². The van der Waals surface area contributed by atoms with Crippen molar-refractivity contribution in [1.82, 2.24) is 15.5 Å². The monoisotopic (exact) mass is 321 g/mol. The summed E-state index contributed by atoms with van der Waals surface area (Å²) in [5, 5.41) is 6.72. The van der Waals surface area contributed by atoms with Crippen molar-refractivity contribution in [3.63, 3.8) is 0 Å². The molecule has 1 amide bonds. The maximum atomic E-state index is 11.9. The highest BCUT2D eigenvalue weighted by molar-refractivity contribution is 5.76. The highest BCUT2D eigenvalue weighted by Crippen LogP contribution is 2.17. The predicted molar refractivity (Wildman–Crippen MR) is 91.1 cm³/mol. The van der Waals surface area contributed by atoms with Crippen molar-refractivity contribution in [2.24, 2.45) is 0 Å². The zero-order valence-corrected chi connectivity index (χ0v) is 13.5. The van der Waals surface area contributed by atoms with Crippen molar-refractivity contribution >= 4 is 5.91 Å². The Kier molecular flexibility index (Phi) is 5.01. The number of nitrogens with zero attached hydrogens (tertiary/aromatic N) is 2. The highest BCUT2D eigenvalue weighted by Gasteiger charge is 2.10. The predicted octanol–water partition coefficient (Wildman–Crippen LogP) is 3.29. The molecule has 5 nitrogen and oxygen atoms in total. The first-order valence-corrected chi connectivity index (χ1v) is 7.91. The smallest absolute Gasteiger partial charge is 0.257 e. The minimum atomic E-state index is -0.0273. The number of carbonyl (C=O) groups excluding carboxylic acids is 1. The van der Waals surface area contributed by atoms with Crippen molar-refractivity contribution in [1.29, 1.82) is 0 Å². The normalized spacial score (nSPS) is 10.5. The second-order valence-corrected chi connectivity index (χ2v) is 5.64. The van der Waals surface area contributed by atoms with Crippen LogP contribution in [0, 0.1) is 6.92 Å². The van der Waals surface area contributed by atoms with Gasteiger partial charge in [0.15, 0.2) is 5.82 Å². The summed E-state index contributed by atoms with van der Waals surface area (Å²) in [5.41, 5.74) is 3.19. The SMILES string of the molecule is Cc1ccc(-c2nc(CNC(=O)CCc3ccccc3)no2)cc1. The first-order chi connectivity index (χ1) is 11.7. The van der Waals surface area contributed by atoms with Gasteiger partial charge in [-0.3, -0.25) is 4.79 Å². The maximum Gasteiger partial charge on any atom is 0.257 e. The van der Waals surface area contributed by atoms with Crippen molar-refractivity contribution in [3.8, 4) is 11.5 Å². The van der Waals surface area contributed by atoms with Gasteiger partial charge in [0.25, 0.3) is 5.89 Å². The molecular formula is C19H19N3O2. The van der Waals surface area contributed by atoms with Crippen LogP contribution in [0.3, 0.4) is 0 Å². The van der Waals surface area contributed by atoms with Crippen LogP contribution in [0.15, 0.2) is 59.1 Å². The first-order valence-electron chi connectivity index (χ1n) is 7.91. The summed E-state index contributed by atoms with van der Waals surface area (Å²) >= 11 is 0. The molecule has 0 atom stereocenters. The molecule has 0 bridgehead atoms. The molecule has 1 aromatic heterocycles. The zero-order valence-electron chi connectivity index (χ0n) is 13.5. The van der Waals surface area contributed by atoms with Crippen LogP contribution in [-0.4, -0.2) is 16.0 Å². The standard InChI is InChI=1S/C19H19N3O2/c1-14-7-10-16(11-8-14)19-21-17(22-24-19)13-20-18(23)12-9-15-5-3-2-4-6-15/h2-8,10-11H,9,12-13H2,1H3,(H,20,23). The summed E-state index contributed by atoms with van der Waals surface area (Å²) in [7, 11) is 0. The van der Waals surface area contributed by atoms with Gasteiger partial charge < -0.3 is 9.84 Å². The molecule has 122 valence electrons. The van der Waals surface area contributed by atoms with E-state index < -0.39 is 0 Å². The average Bonchev–Trinajstić information content (AvgIpc) is 3.09. The van der Waals surface area contributed by atoms with Crippen LogP contribution in [-0.2, 0) is 17.8 Å². The Morgan fingerprint density at radius 1 is 1.08 bits per heavy atom. The molecule has 3 rings (SSSR count). The van der Waals surface area contributed by atoms with Crippen LogP contribution < -0.4 is 5.32 Å². The summed E-state index contributed by atoms with van der Waals surface area (Å²) in [6.07, 6.45) is 1.15. The molecule has 0 spiro atoms. The Morgan fingerprint density at radius 3 is 2.58 bits per heavy atom. The minimum absolute atomic E-state index is 0.0273. The molecule has 1 heterocycles. The highest BCUT2D eigenvalue weighted by atomic mass is 16.5. The molecule has 1 N–H and O–H groups in total. The zero-order chi connectivity index (χ0) is 16.8. The third-order valence-corrected chi connectivity index (χ3v) is 3.69. The van der Waals surface area contributed by atoms with Crippen LogP contribution in [0.4, 0.5) is 0 Å². The number of aryl methyl sites for hydroxylation is 2. The first kappa shape index (κ1) is 15.9. The van der Waals surface area contributed by atoms with Crippen molar-refractivity contribution in [2.75, 3.05) is 0 Å². The van der Waals surface area contributed by atoms with Gasteiger partial charge in [-0.15, -0.1) is 0 Å². The largest absolute Gasteiger partial charge is 0.349 e. The fraction of sp³-hybridized carbons (Fsp3) is 0.211. The van der Waals surface area contributed by atoms with E-state index in [1.807, 2.05) is 61.5 Å². The van der Waals surface area contributed by atoms with E-state index in [1.54, 1.807) is 0 Å². The van der Waals surface area contributed by atoms with Crippen molar-refractivity contribution in [2.45, 2.75) is 26.3 Å². The van der Waals surface area contributed by atoms with Gasteiger partial charge >= 0.3 is 0 Å². The molecule has 0 saturated carbocycles. The lowest BCUT2D eigenvalue weighted by Gasteiger charge is -2.02. The van der Waals surface area contributed by atoms with E-state index >= 15 is 0 Å². The van der Waals surface area contributed by atoms with Crippen LogP contribution in [0.25, 0.3) is 11.5 Å². The summed E-state index contributed by atoms with van der Waals surface area (Å²) < 4.78 is 5.24. The number of aromatic nitrogens is 2. The molecule has 0 aliphatic rings. The Bertz CT molecular complexity index is 795. The molecule has 0 saturated heterocycles. The van der Waals surface area contributed by atoms with Gasteiger partial charge in [-0.1, -0.05) is 53.2 Å². The molecule has 0 unspecified atom stereocenters. The van der Waals surface area contributed by atoms with Crippen LogP contribution >= 0.6 is 0 Å². The summed E-state index contributed by atoms with van der Waals surface area (Å²) in [5.74, 6) is 0.905. The number of amides is 1. The Hall–Kier alpha value is -2.95. The van der Waals surface area contributed by atoms with Gasteiger partial charge in [-0.2, -0.15) is 4.98 Å². The van der Waals surface area contributed by atoms with E-state index in [0.717, 1.165) is 11.1 Å². The van der Waals surface area contributed by atoms with E-state index in [4.69, 9.17) is 4.52 Å². The number of rotatable bonds is 6. The van der Waals surface area contributed by atoms with Crippen molar-refractivity contribution in [3.05, 3.63) is 71.5 Å². The van der Waals surface area contributed by atoms with Crippen LogP contribution in [0.5, 0.6) is 0 Å². The lowest BCUT2D eigenvalue weighted by atomic mass is 10.1. The number of hydrogen-bond acceptors (Lipinski definition) is 4. The van der Waals surface area contributed by atoms with Crippen LogP contribution in [0.2, 0.25) is 0 Å². The van der Waals surface area contributed by atoms with Gasteiger partial charge in [0, 0.05) is 12.0 Å². The molecule has 0 aliphatic carbocycles. The lowest BCUT2D eigenvalue weighted by molar-refractivity contribution is -0.121. The number of carbonyl (C=O) groups is 1. The molecule has 0 radical (unpaired) electrons. The Morgan fingerprint density at radius 2 is 1.83 bits per heavy atom. The maximum absolute atomic E-state index is 11.9. The van der Waals surface area contributed by atoms with Crippen LogP contribution in [0.1, 0.15) is 23.4 Å². The molecule has 24 heavy (non-hydrogen) atoms. The fourth-order valence-corrected chi connectivity index (χ4v) is 2.31. The number of nitrogens with one attached hydrogen (secondary N) is 1. The minimum Gasteiger partial charge on any atom is -0.349 e. The van der Waals surface area contributed by atoms with Crippen molar-refractivity contribution < 1.29 is 9.32 Å². The fourth-order valence-electron chi connectivity index (χ4n) is 2.31. The Balaban J connectivity index is 1.50. The molecule has 0 fully saturated rings. The summed E-state index contributed by atoms with van der Waals surface area (Å²) in [6, 6.07) is 17.8. The van der Waals surface area contributed by atoms with Gasteiger partial charge in [0.2, 0.25) is 5.91 Å². The average molecular weight is 321 g/mol. The van der Waals surface area contributed by atoms with E-state index in [0.29, 0.717) is 24.6 Å². The molecular weight excluding hydrogens is 302 g/mol. The second-order valence-electron chi connectivity index (χ2n) is 5.64. The summed E-state index contributed by atoms with van der Waals surface area (Å²) in [6.45, 7) is 2.29.